The Bertz CT molecular complexity index is 514. The summed E-state index contributed by atoms with van der Waals surface area (Å²) < 4.78 is 3.52. The minimum Gasteiger partial charge on any atom is -0.384 e. The van der Waals surface area contributed by atoms with E-state index in [4.69, 9.17) is 5.73 Å². The lowest BCUT2D eigenvalue weighted by Crippen LogP contribution is -2.48. The molecule has 4 fully saturated rings. The fourth-order valence-electron chi connectivity index (χ4n) is 5.21. The van der Waals surface area contributed by atoms with Gasteiger partial charge < -0.3 is 10.3 Å². The maximum Gasteiger partial charge on any atom is 0.329 e. The second-order valence-electron chi connectivity index (χ2n) is 6.74. The number of aromatic nitrogens is 2. The van der Waals surface area contributed by atoms with Crippen LogP contribution in [0.5, 0.6) is 0 Å². The van der Waals surface area contributed by atoms with Gasteiger partial charge in [-0.2, -0.15) is 0 Å². The summed E-state index contributed by atoms with van der Waals surface area (Å²) in [5, 5.41) is 0. The molecule has 4 saturated carbocycles. The lowest BCUT2D eigenvalue weighted by molar-refractivity contribution is -0.0296. The topological polar surface area (TPSA) is 52.9 Å². The summed E-state index contributed by atoms with van der Waals surface area (Å²) in [6.45, 7) is 0. The highest BCUT2D eigenvalue weighted by Gasteiger charge is 2.49. The lowest BCUT2D eigenvalue weighted by atomic mass is 9.54. The molecule has 2 N–H and O–H groups in total. The van der Waals surface area contributed by atoms with Gasteiger partial charge in [-0.25, -0.2) is 4.79 Å². The van der Waals surface area contributed by atoms with Gasteiger partial charge in [0.1, 0.15) is 5.82 Å². The molecule has 4 heteroatoms. The molecule has 5 rings (SSSR count). The Morgan fingerprint density at radius 2 is 1.67 bits per heavy atom. The smallest absolute Gasteiger partial charge is 0.329 e. The molecular formula is C14H21N3O. The van der Waals surface area contributed by atoms with Crippen molar-refractivity contribution in [1.82, 2.24) is 9.13 Å². The van der Waals surface area contributed by atoms with E-state index in [0.717, 1.165) is 11.8 Å². The van der Waals surface area contributed by atoms with Crippen molar-refractivity contribution < 1.29 is 0 Å². The fraction of sp³-hybridized carbons (Fsp3) is 0.786. The van der Waals surface area contributed by atoms with Crippen molar-refractivity contribution in [2.45, 2.75) is 38.1 Å². The zero-order valence-corrected chi connectivity index (χ0v) is 10.9. The lowest BCUT2D eigenvalue weighted by Gasteiger charge is -2.54. The van der Waals surface area contributed by atoms with Crippen LogP contribution in [0.15, 0.2) is 11.0 Å². The molecule has 0 saturated heterocycles. The molecule has 0 radical (unpaired) electrons. The second kappa shape index (κ2) is 3.43. The molecule has 4 bridgehead atoms. The van der Waals surface area contributed by atoms with Crippen molar-refractivity contribution in [3.8, 4) is 0 Å². The molecule has 0 aromatic carbocycles. The van der Waals surface area contributed by atoms with E-state index in [1.807, 2.05) is 4.57 Å². The monoisotopic (exact) mass is 247 g/mol. The van der Waals surface area contributed by atoms with Gasteiger partial charge in [-0.3, -0.25) is 4.57 Å². The van der Waals surface area contributed by atoms with E-state index in [1.165, 1.54) is 32.1 Å². The van der Waals surface area contributed by atoms with E-state index in [2.05, 4.69) is 0 Å². The van der Waals surface area contributed by atoms with Gasteiger partial charge in [-0.05, 0) is 55.8 Å². The van der Waals surface area contributed by atoms with Crippen LogP contribution < -0.4 is 11.4 Å². The standard InChI is InChI=1S/C14H21N3O/c1-16-7-12(15)17(14(16)18)13-10-3-8-2-9(5-10)6-11(13)4-8/h7-11,13H,2-6,15H2,1H3. The summed E-state index contributed by atoms with van der Waals surface area (Å²) in [7, 11) is 1.80. The van der Waals surface area contributed by atoms with Crippen LogP contribution in [-0.2, 0) is 7.05 Å². The molecule has 0 spiro atoms. The normalized spacial score (nSPS) is 41.5. The summed E-state index contributed by atoms with van der Waals surface area (Å²) in [6, 6.07) is 0.381. The van der Waals surface area contributed by atoms with E-state index in [1.54, 1.807) is 17.8 Å². The van der Waals surface area contributed by atoms with Crippen molar-refractivity contribution in [1.29, 1.82) is 0 Å². The van der Waals surface area contributed by atoms with Crippen molar-refractivity contribution in [3.63, 3.8) is 0 Å². The summed E-state index contributed by atoms with van der Waals surface area (Å²) in [5.41, 5.74) is 6.14. The van der Waals surface area contributed by atoms with Crippen molar-refractivity contribution in [2.24, 2.45) is 30.7 Å². The van der Waals surface area contributed by atoms with Gasteiger partial charge in [0.05, 0.1) is 0 Å². The van der Waals surface area contributed by atoms with Gasteiger partial charge in [0.2, 0.25) is 0 Å². The van der Waals surface area contributed by atoms with E-state index in [0.29, 0.717) is 23.7 Å². The zero-order valence-electron chi connectivity index (χ0n) is 10.9. The number of hydrogen-bond acceptors (Lipinski definition) is 2. The van der Waals surface area contributed by atoms with Crippen molar-refractivity contribution in [3.05, 3.63) is 16.7 Å². The molecule has 4 aliphatic rings. The van der Waals surface area contributed by atoms with Gasteiger partial charge in [-0.1, -0.05) is 0 Å². The maximum atomic E-state index is 12.3. The molecule has 0 aliphatic heterocycles. The molecular weight excluding hydrogens is 226 g/mol. The third-order valence-electron chi connectivity index (χ3n) is 5.59. The number of anilines is 1. The average Bonchev–Trinajstić information content (AvgIpc) is 2.54. The van der Waals surface area contributed by atoms with Crippen LogP contribution in [-0.4, -0.2) is 9.13 Å². The van der Waals surface area contributed by atoms with Crippen LogP contribution in [0, 0.1) is 23.7 Å². The van der Waals surface area contributed by atoms with E-state index >= 15 is 0 Å². The summed E-state index contributed by atoms with van der Waals surface area (Å²) >= 11 is 0. The third kappa shape index (κ3) is 1.29. The van der Waals surface area contributed by atoms with E-state index < -0.39 is 0 Å². The molecule has 4 aliphatic carbocycles. The summed E-state index contributed by atoms with van der Waals surface area (Å²) in [6.07, 6.45) is 8.49. The Kier molecular flexibility index (Phi) is 2.04. The Labute approximate surface area is 107 Å². The molecule has 4 nitrogen and oxygen atoms in total. The first kappa shape index (κ1) is 10.7. The highest BCUT2D eigenvalue weighted by molar-refractivity contribution is 5.27. The predicted octanol–water partition coefficient (Wildman–Crippen LogP) is 1.77. The van der Waals surface area contributed by atoms with Gasteiger partial charge in [0.25, 0.3) is 0 Å². The van der Waals surface area contributed by atoms with Crippen LogP contribution in [0.1, 0.15) is 38.1 Å². The Hall–Kier alpha value is -1.19. The van der Waals surface area contributed by atoms with Gasteiger partial charge in [0, 0.05) is 19.3 Å². The molecule has 1 aromatic heterocycles. The van der Waals surface area contributed by atoms with Crippen molar-refractivity contribution >= 4 is 5.82 Å². The SMILES string of the molecule is Cn1cc(N)n(C2C3CC4CC(C3)CC2C4)c1=O. The Balaban J connectivity index is 1.79. The summed E-state index contributed by atoms with van der Waals surface area (Å²) in [4.78, 5) is 12.3. The third-order valence-corrected chi connectivity index (χ3v) is 5.59. The number of nitrogen functional groups attached to an aromatic ring is 1. The minimum absolute atomic E-state index is 0.0740. The molecule has 98 valence electrons. The van der Waals surface area contributed by atoms with Crippen LogP contribution in [0.25, 0.3) is 0 Å². The summed E-state index contributed by atoms with van der Waals surface area (Å²) in [5.74, 6) is 3.92. The first-order chi connectivity index (χ1) is 8.63. The first-order valence-corrected chi connectivity index (χ1v) is 7.17. The van der Waals surface area contributed by atoms with E-state index in [-0.39, 0.29) is 5.69 Å². The van der Waals surface area contributed by atoms with Gasteiger partial charge in [0.15, 0.2) is 0 Å². The van der Waals surface area contributed by atoms with Crippen LogP contribution in [0.4, 0.5) is 5.82 Å². The van der Waals surface area contributed by atoms with Crippen LogP contribution in [0.3, 0.4) is 0 Å². The van der Waals surface area contributed by atoms with E-state index in [9.17, 15) is 4.79 Å². The fourth-order valence-corrected chi connectivity index (χ4v) is 5.21. The Morgan fingerprint density at radius 3 is 2.11 bits per heavy atom. The highest BCUT2D eigenvalue weighted by atomic mass is 16.1. The number of nitrogens with zero attached hydrogens (tertiary/aromatic N) is 2. The highest BCUT2D eigenvalue weighted by Crippen LogP contribution is 2.58. The molecule has 1 heterocycles. The predicted molar refractivity (Wildman–Crippen MR) is 70.2 cm³/mol. The first-order valence-electron chi connectivity index (χ1n) is 7.17. The maximum absolute atomic E-state index is 12.3. The number of hydrogen-bond donors (Lipinski definition) is 1. The van der Waals surface area contributed by atoms with Gasteiger partial charge in [-0.15, -0.1) is 0 Å². The number of rotatable bonds is 1. The zero-order chi connectivity index (χ0) is 12.4. The quantitative estimate of drug-likeness (QED) is 0.822. The molecule has 0 atom stereocenters. The number of nitrogens with two attached hydrogens (primary N) is 1. The Morgan fingerprint density at radius 1 is 1.11 bits per heavy atom. The minimum atomic E-state index is 0.0740. The molecule has 0 unspecified atom stereocenters. The number of imidazole rings is 1. The van der Waals surface area contributed by atoms with Crippen LogP contribution >= 0.6 is 0 Å². The van der Waals surface area contributed by atoms with Crippen LogP contribution in [0.2, 0.25) is 0 Å². The molecule has 18 heavy (non-hydrogen) atoms. The second-order valence-corrected chi connectivity index (χ2v) is 6.74. The van der Waals surface area contributed by atoms with Crippen molar-refractivity contribution in [2.75, 3.05) is 5.73 Å². The average molecular weight is 247 g/mol. The largest absolute Gasteiger partial charge is 0.384 e. The molecule has 0 amide bonds. The number of aryl methyl sites for hydroxylation is 1. The van der Waals surface area contributed by atoms with Gasteiger partial charge >= 0.3 is 5.69 Å². The molecule has 1 aromatic rings.